The van der Waals surface area contributed by atoms with Gasteiger partial charge in [-0.15, -0.1) is 0 Å². The van der Waals surface area contributed by atoms with E-state index in [1.54, 1.807) is 30.3 Å². The van der Waals surface area contributed by atoms with Crippen molar-refractivity contribution in [2.75, 3.05) is 24.3 Å². The van der Waals surface area contributed by atoms with E-state index < -0.39 is 11.8 Å². The van der Waals surface area contributed by atoms with Crippen LogP contribution in [0.15, 0.2) is 78.5 Å². The van der Waals surface area contributed by atoms with Gasteiger partial charge in [-0.05, 0) is 55.0 Å². The number of nitrogens with one attached hydrogen (secondary N) is 2. The summed E-state index contributed by atoms with van der Waals surface area (Å²) < 4.78 is 0. The van der Waals surface area contributed by atoms with Gasteiger partial charge in [0.25, 0.3) is 11.8 Å². The summed E-state index contributed by atoms with van der Waals surface area (Å²) >= 11 is 6.15. The molecule has 0 heterocycles. The summed E-state index contributed by atoms with van der Waals surface area (Å²) in [5.74, 6) is -0.887. The number of benzene rings is 3. The Kier molecular flexibility index (Phi) is 7.11. The Morgan fingerprint density at radius 1 is 0.903 bits per heavy atom. The average Bonchev–Trinajstić information content (AvgIpc) is 2.75. The van der Waals surface area contributed by atoms with Gasteiger partial charge in [0, 0.05) is 25.5 Å². The van der Waals surface area contributed by atoms with Crippen molar-refractivity contribution in [3.63, 3.8) is 0 Å². The maximum Gasteiger partial charge on any atom is 0.272 e. The lowest BCUT2D eigenvalue weighted by molar-refractivity contribution is -0.113. The van der Waals surface area contributed by atoms with Crippen molar-refractivity contribution in [2.24, 2.45) is 0 Å². The second kappa shape index (κ2) is 9.96. The quantitative estimate of drug-likeness (QED) is 0.530. The van der Waals surface area contributed by atoms with E-state index in [9.17, 15) is 9.59 Å². The molecule has 3 rings (SSSR count). The molecule has 0 unspecified atom stereocenters. The second-order valence-electron chi connectivity index (χ2n) is 7.30. The first kappa shape index (κ1) is 22.1. The highest BCUT2D eigenvalue weighted by atomic mass is 35.5. The van der Waals surface area contributed by atoms with E-state index in [2.05, 4.69) is 10.6 Å². The molecule has 3 aromatic rings. The Morgan fingerprint density at radius 3 is 2.16 bits per heavy atom. The van der Waals surface area contributed by atoms with Gasteiger partial charge in [-0.3, -0.25) is 9.59 Å². The highest BCUT2D eigenvalue weighted by Crippen LogP contribution is 2.18. The number of hydrogen-bond donors (Lipinski definition) is 2. The van der Waals surface area contributed by atoms with Gasteiger partial charge < -0.3 is 15.5 Å². The summed E-state index contributed by atoms with van der Waals surface area (Å²) in [4.78, 5) is 27.8. The molecule has 5 nitrogen and oxygen atoms in total. The van der Waals surface area contributed by atoms with Crippen molar-refractivity contribution < 1.29 is 9.59 Å². The van der Waals surface area contributed by atoms with E-state index in [-0.39, 0.29) is 5.70 Å². The number of anilines is 2. The topological polar surface area (TPSA) is 61.4 Å². The minimum absolute atomic E-state index is 0.114. The summed E-state index contributed by atoms with van der Waals surface area (Å²) in [6.45, 7) is 1.97. The summed E-state index contributed by atoms with van der Waals surface area (Å²) in [6, 6.07) is 21.8. The molecule has 0 saturated carbocycles. The predicted molar refractivity (Wildman–Crippen MR) is 127 cm³/mol. The summed E-state index contributed by atoms with van der Waals surface area (Å²) in [5, 5.41) is 5.85. The Hall–Kier alpha value is -3.57. The molecule has 0 aliphatic heterocycles. The molecule has 158 valence electrons. The Labute approximate surface area is 187 Å². The van der Waals surface area contributed by atoms with E-state index in [1.165, 1.54) is 0 Å². The van der Waals surface area contributed by atoms with Crippen LogP contribution in [0.3, 0.4) is 0 Å². The molecule has 0 atom stereocenters. The Balaban J connectivity index is 1.90. The van der Waals surface area contributed by atoms with Crippen LogP contribution in [0.1, 0.15) is 21.5 Å². The number of hydrogen-bond acceptors (Lipinski definition) is 3. The van der Waals surface area contributed by atoms with Crippen molar-refractivity contribution in [1.29, 1.82) is 0 Å². The van der Waals surface area contributed by atoms with Crippen molar-refractivity contribution in [3.8, 4) is 0 Å². The van der Waals surface area contributed by atoms with E-state index in [1.807, 2.05) is 74.4 Å². The number of carbonyl (C=O) groups excluding carboxylic acids is 2. The molecule has 6 heteroatoms. The van der Waals surface area contributed by atoms with Gasteiger partial charge in [0.05, 0.1) is 10.6 Å². The van der Waals surface area contributed by atoms with Crippen molar-refractivity contribution >= 4 is 40.9 Å². The third kappa shape index (κ3) is 5.96. The third-order valence-electron chi connectivity index (χ3n) is 4.64. The molecular formula is C25H24ClN3O2. The number of nitrogens with zero attached hydrogens (tertiary/aromatic N) is 1. The lowest BCUT2D eigenvalue weighted by Crippen LogP contribution is -2.31. The first-order valence-electron chi connectivity index (χ1n) is 9.76. The molecule has 0 aromatic heterocycles. The minimum Gasteiger partial charge on any atom is -0.378 e. The molecule has 0 bridgehead atoms. The fraction of sp³-hybridized carbons (Fsp3) is 0.120. The van der Waals surface area contributed by atoms with Gasteiger partial charge in [-0.1, -0.05) is 53.6 Å². The van der Waals surface area contributed by atoms with E-state index >= 15 is 0 Å². The lowest BCUT2D eigenvalue weighted by atomic mass is 10.1. The van der Waals surface area contributed by atoms with Crippen LogP contribution in [0.2, 0.25) is 5.02 Å². The first-order chi connectivity index (χ1) is 14.8. The molecule has 31 heavy (non-hydrogen) atoms. The summed E-state index contributed by atoms with van der Waals surface area (Å²) in [5.41, 5.74) is 3.93. The van der Waals surface area contributed by atoms with Gasteiger partial charge in [0.15, 0.2) is 0 Å². The number of amides is 2. The molecular weight excluding hydrogens is 410 g/mol. The summed E-state index contributed by atoms with van der Waals surface area (Å²) in [6.07, 6.45) is 1.64. The number of carbonyl (C=O) groups is 2. The zero-order valence-corrected chi connectivity index (χ0v) is 18.4. The van der Waals surface area contributed by atoms with Gasteiger partial charge in [0.2, 0.25) is 0 Å². The molecule has 0 aliphatic carbocycles. The fourth-order valence-corrected chi connectivity index (χ4v) is 3.09. The van der Waals surface area contributed by atoms with Crippen molar-refractivity contribution in [1.82, 2.24) is 5.32 Å². The average molecular weight is 434 g/mol. The van der Waals surface area contributed by atoms with E-state index in [0.717, 1.165) is 16.8 Å². The molecule has 0 saturated heterocycles. The van der Waals surface area contributed by atoms with Crippen LogP contribution >= 0.6 is 11.6 Å². The van der Waals surface area contributed by atoms with Crippen molar-refractivity contribution in [3.05, 3.63) is 100 Å². The largest absolute Gasteiger partial charge is 0.378 e. The van der Waals surface area contributed by atoms with Crippen LogP contribution in [0.25, 0.3) is 6.08 Å². The van der Waals surface area contributed by atoms with Crippen LogP contribution in [0.5, 0.6) is 0 Å². The molecule has 2 amide bonds. The molecule has 0 radical (unpaired) electrons. The number of rotatable bonds is 6. The smallest absolute Gasteiger partial charge is 0.272 e. The monoisotopic (exact) mass is 433 g/mol. The first-order valence-corrected chi connectivity index (χ1v) is 10.1. The molecule has 0 aliphatic rings. The normalized spacial score (nSPS) is 11.0. The number of aryl methyl sites for hydroxylation is 1. The van der Waals surface area contributed by atoms with Crippen LogP contribution in [-0.4, -0.2) is 25.9 Å². The van der Waals surface area contributed by atoms with Crippen LogP contribution in [-0.2, 0) is 4.79 Å². The van der Waals surface area contributed by atoms with Crippen LogP contribution < -0.4 is 15.5 Å². The molecule has 0 fully saturated rings. The standard InChI is InChI=1S/C25H24ClN3O2/c1-17-8-12-19(13-9-17)27-25(31)23(16-18-10-14-20(15-11-18)29(2)3)28-24(30)21-6-4-5-7-22(21)26/h4-16H,1-3H3,(H,27,31)(H,28,30)/b23-16+. The third-order valence-corrected chi connectivity index (χ3v) is 4.97. The lowest BCUT2D eigenvalue weighted by Gasteiger charge is -2.14. The van der Waals surface area contributed by atoms with Gasteiger partial charge in [-0.25, -0.2) is 0 Å². The zero-order chi connectivity index (χ0) is 22.4. The van der Waals surface area contributed by atoms with E-state index in [0.29, 0.717) is 16.3 Å². The zero-order valence-electron chi connectivity index (χ0n) is 17.6. The van der Waals surface area contributed by atoms with Gasteiger partial charge in [0.1, 0.15) is 5.70 Å². The molecule has 0 spiro atoms. The predicted octanol–water partition coefficient (Wildman–Crippen LogP) is 5.12. The maximum absolute atomic E-state index is 13.0. The SMILES string of the molecule is Cc1ccc(NC(=O)/C(=C\c2ccc(N(C)C)cc2)NC(=O)c2ccccc2Cl)cc1. The van der Waals surface area contributed by atoms with Crippen molar-refractivity contribution in [2.45, 2.75) is 6.92 Å². The molecule has 2 N–H and O–H groups in total. The Bertz CT molecular complexity index is 1100. The fourth-order valence-electron chi connectivity index (χ4n) is 2.86. The van der Waals surface area contributed by atoms with E-state index in [4.69, 9.17) is 11.6 Å². The minimum atomic E-state index is -0.458. The highest BCUT2D eigenvalue weighted by Gasteiger charge is 2.17. The molecule has 3 aromatic carbocycles. The Morgan fingerprint density at radius 2 is 1.55 bits per heavy atom. The number of halogens is 1. The van der Waals surface area contributed by atoms with Gasteiger partial charge in [-0.2, -0.15) is 0 Å². The maximum atomic E-state index is 13.0. The highest BCUT2D eigenvalue weighted by molar-refractivity contribution is 6.34. The van der Waals surface area contributed by atoms with Gasteiger partial charge >= 0.3 is 0 Å². The summed E-state index contributed by atoms with van der Waals surface area (Å²) in [7, 11) is 3.91. The van der Waals surface area contributed by atoms with Crippen LogP contribution in [0.4, 0.5) is 11.4 Å². The van der Waals surface area contributed by atoms with Crippen LogP contribution in [0, 0.1) is 6.92 Å². The second-order valence-corrected chi connectivity index (χ2v) is 7.71.